The highest BCUT2D eigenvalue weighted by atomic mass is 32.2. The first kappa shape index (κ1) is 15.7. The van der Waals surface area contributed by atoms with E-state index >= 15 is 0 Å². The maximum absolute atomic E-state index is 12.4. The molecule has 1 amide bonds. The molecule has 0 aliphatic carbocycles. The van der Waals surface area contributed by atoms with Crippen molar-refractivity contribution in [3.63, 3.8) is 0 Å². The van der Waals surface area contributed by atoms with Crippen LogP contribution in [-0.2, 0) is 14.6 Å². The molecule has 1 saturated heterocycles. The number of anilines is 1. The van der Waals surface area contributed by atoms with Crippen LogP contribution in [0.5, 0.6) is 0 Å². The molecular formula is C16H19N3O3S. The van der Waals surface area contributed by atoms with E-state index < -0.39 is 15.8 Å². The second-order valence-electron chi connectivity index (χ2n) is 5.95. The molecule has 0 bridgehead atoms. The van der Waals surface area contributed by atoms with Crippen LogP contribution in [0.3, 0.4) is 0 Å². The Labute approximate surface area is 135 Å². The Kier molecular flexibility index (Phi) is 3.97. The number of carbonyl (C=O) groups is 1. The third kappa shape index (κ3) is 3.29. The van der Waals surface area contributed by atoms with Crippen molar-refractivity contribution in [3.05, 3.63) is 41.7 Å². The molecule has 7 heteroatoms. The summed E-state index contributed by atoms with van der Waals surface area (Å²) in [6, 6.07) is 9.34. The number of rotatable bonds is 3. The predicted octanol–water partition coefficient (Wildman–Crippen LogP) is 1.86. The van der Waals surface area contributed by atoms with E-state index in [9.17, 15) is 13.2 Å². The number of aryl methyl sites for hydroxylation is 2. The van der Waals surface area contributed by atoms with Crippen LogP contribution < -0.4 is 5.32 Å². The van der Waals surface area contributed by atoms with Gasteiger partial charge in [0.15, 0.2) is 9.84 Å². The van der Waals surface area contributed by atoms with E-state index in [2.05, 4.69) is 10.4 Å². The van der Waals surface area contributed by atoms with Crippen LogP contribution in [0.1, 0.15) is 17.8 Å². The zero-order valence-electron chi connectivity index (χ0n) is 13.1. The van der Waals surface area contributed by atoms with Crippen LogP contribution in [0.4, 0.5) is 5.69 Å². The second-order valence-corrected chi connectivity index (χ2v) is 8.17. The second kappa shape index (κ2) is 5.81. The van der Waals surface area contributed by atoms with Gasteiger partial charge in [0.05, 0.1) is 34.5 Å². The van der Waals surface area contributed by atoms with Gasteiger partial charge < -0.3 is 5.32 Å². The molecule has 3 rings (SSSR count). The number of sulfone groups is 1. The Morgan fingerprint density at radius 2 is 2.04 bits per heavy atom. The molecule has 2 aromatic rings. The van der Waals surface area contributed by atoms with Crippen molar-refractivity contribution in [2.45, 2.75) is 20.3 Å². The lowest BCUT2D eigenvalue weighted by atomic mass is 10.1. The molecule has 122 valence electrons. The number of benzene rings is 1. The Bertz CT molecular complexity index is 855. The van der Waals surface area contributed by atoms with Gasteiger partial charge in [-0.15, -0.1) is 0 Å². The summed E-state index contributed by atoms with van der Waals surface area (Å²) < 4.78 is 24.9. The SMILES string of the molecule is Cc1cc(C)n(-c2ccccc2NC(=O)[C@@H]2CCS(=O)(=O)C2)n1. The largest absolute Gasteiger partial charge is 0.324 e. The summed E-state index contributed by atoms with van der Waals surface area (Å²) in [4.78, 5) is 12.4. The standard InChI is InChI=1S/C16H19N3O3S/c1-11-9-12(2)19(18-11)15-6-4-3-5-14(15)17-16(20)13-7-8-23(21,22)10-13/h3-6,9,13H,7-8,10H2,1-2H3,(H,17,20)/t13-/m1/s1. The number of hydrogen-bond acceptors (Lipinski definition) is 4. The van der Waals surface area contributed by atoms with E-state index in [0.29, 0.717) is 12.1 Å². The summed E-state index contributed by atoms with van der Waals surface area (Å²) in [6.45, 7) is 3.86. The molecular weight excluding hydrogens is 314 g/mol. The minimum absolute atomic E-state index is 0.0685. The Hall–Kier alpha value is -2.15. The quantitative estimate of drug-likeness (QED) is 0.929. The van der Waals surface area contributed by atoms with Gasteiger partial charge in [-0.25, -0.2) is 13.1 Å². The number of para-hydroxylation sites is 2. The van der Waals surface area contributed by atoms with Gasteiger partial charge in [0.2, 0.25) is 5.91 Å². The fraction of sp³-hybridized carbons (Fsp3) is 0.375. The average Bonchev–Trinajstić information content (AvgIpc) is 3.01. The number of nitrogens with zero attached hydrogens (tertiary/aromatic N) is 2. The summed E-state index contributed by atoms with van der Waals surface area (Å²) in [5, 5.41) is 7.30. The molecule has 1 N–H and O–H groups in total. The fourth-order valence-corrected chi connectivity index (χ4v) is 4.61. The normalized spacial score (nSPS) is 19.7. The van der Waals surface area contributed by atoms with Crippen LogP contribution in [0, 0.1) is 19.8 Å². The van der Waals surface area contributed by atoms with Crippen LogP contribution in [0.15, 0.2) is 30.3 Å². The Morgan fingerprint density at radius 1 is 1.30 bits per heavy atom. The fourth-order valence-electron chi connectivity index (χ4n) is 2.87. The molecule has 1 aromatic heterocycles. The molecule has 0 unspecified atom stereocenters. The predicted molar refractivity (Wildman–Crippen MR) is 88.4 cm³/mol. The van der Waals surface area contributed by atoms with Crippen molar-refractivity contribution in [1.29, 1.82) is 0 Å². The maximum Gasteiger partial charge on any atom is 0.228 e. The lowest BCUT2D eigenvalue weighted by molar-refractivity contribution is -0.119. The van der Waals surface area contributed by atoms with Gasteiger partial charge in [0, 0.05) is 5.69 Å². The first-order valence-corrected chi connectivity index (χ1v) is 9.32. The topological polar surface area (TPSA) is 81.1 Å². The average molecular weight is 333 g/mol. The molecule has 23 heavy (non-hydrogen) atoms. The van der Waals surface area contributed by atoms with Gasteiger partial charge >= 0.3 is 0 Å². The molecule has 2 heterocycles. The first-order chi connectivity index (χ1) is 10.9. The van der Waals surface area contributed by atoms with Crippen molar-refractivity contribution in [2.75, 3.05) is 16.8 Å². The number of nitrogens with one attached hydrogen (secondary N) is 1. The Balaban J connectivity index is 1.87. The van der Waals surface area contributed by atoms with E-state index in [1.807, 2.05) is 38.1 Å². The van der Waals surface area contributed by atoms with Crippen molar-refractivity contribution < 1.29 is 13.2 Å². The third-order valence-electron chi connectivity index (χ3n) is 4.00. The Morgan fingerprint density at radius 3 is 2.65 bits per heavy atom. The summed E-state index contributed by atoms with van der Waals surface area (Å²) in [5.41, 5.74) is 3.26. The third-order valence-corrected chi connectivity index (χ3v) is 5.77. The van der Waals surface area contributed by atoms with Crippen LogP contribution in [-0.4, -0.2) is 35.6 Å². The highest BCUT2D eigenvalue weighted by Crippen LogP contribution is 2.24. The van der Waals surface area contributed by atoms with Gasteiger partial charge in [-0.2, -0.15) is 5.10 Å². The van der Waals surface area contributed by atoms with Crippen LogP contribution in [0.25, 0.3) is 5.69 Å². The smallest absolute Gasteiger partial charge is 0.228 e. The van der Waals surface area contributed by atoms with Crippen molar-refractivity contribution in [2.24, 2.45) is 5.92 Å². The van der Waals surface area contributed by atoms with E-state index in [4.69, 9.17) is 0 Å². The molecule has 1 fully saturated rings. The van der Waals surface area contributed by atoms with Crippen molar-refractivity contribution in [3.8, 4) is 5.69 Å². The molecule has 0 spiro atoms. The zero-order valence-corrected chi connectivity index (χ0v) is 13.9. The van der Waals surface area contributed by atoms with Gasteiger partial charge in [-0.05, 0) is 38.5 Å². The molecule has 0 saturated carbocycles. The minimum Gasteiger partial charge on any atom is -0.324 e. The number of aromatic nitrogens is 2. The van der Waals surface area contributed by atoms with Crippen molar-refractivity contribution >= 4 is 21.4 Å². The van der Waals surface area contributed by atoms with E-state index in [0.717, 1.165) is 17.1 Å². The molecule has 1 aromatic carbocycles. The summed E-state index contributed by atoms with van der Waals surface area (Å²) in [7, 11) is -3.08. The lowest BCUT2D eigenvalue weighted by Gasteiger charge is -2.14. The zero-order chi connectivity index (χ0) is 16.6. The van der Waals surface area contributed by atoms with Crippen LogP contribution >= 0.6 is 0 Å². The summed E-state index contributed by atoms with van der Waals surface area (Å²) in [6.07, 6.45) is 0.385. The lowest BCUT2D eigenvalue weighted by Crippen LogP contribution is -2.24. The number of carbonyl (C=O) groups excluding carboxylic acids is 1. The van der Waals surface area contributed by atoms with Crippen LogP contribution in [0.2, 0.25) is 0 Å². The summed E-state index contributed by atoms with van der Waals surface area (Å²) in [5.74, 6) is -0.709. The highest BCUT2D eigenvalue weighted by molar-refractivity contribution is 7.91. The number of amides is 1. The molecule has 6 nitrogen and oxygen atoms in total. The van der Waals surface area contributed by atoms with E-state index in [-0.39, 0.29) is 17.4 Å². The monoisotopic (exact) mass is 333 g/mol. The van der Waals surface area contributed by atoms with Gasteiger partial charge in [0.25, 0.3) is 0 Å². The van der Waals surface area contributed by atoms with E-state index in [1.165, 1.54) is 0 Å². The van der Waals surface area contributed by atoms with E-state index in [1.54, 1.807) is 10.7 Å². The van der Waals surface area contributed by atoms with Gasteiger partial charge in [-0.3, -0.25) is 4.79 Å². The molecule has 1 atom stereocenters. The van der Waals surface area contributed by atoms with Gasteiger partial charge in [0.1, 0.15) is 0 Å². The highest BCUT2D eigenvalue weighted by Gasteiger charge is 2.33. The molecule has 1 aliphatic rings. The first-order valence-electron chi connectivity index (χ1n) is 7.50. The van der Waals surface area contributed by atoms with Gasteiger partial charge in [-0.1, -0.05) is 12.1 Å². The van der Waals surface area contributed by atoms with Crippen molar-refractivity contribution in [1.82, 2.24) is 9.78 Å². The molecule has 0 radical (unpaired) electrons. The minimum atomic E-state index is -3.08. The number of hydrogen-bond donors (Lipinski definition) is 1. The maximum atomic E-state index is 12.4. The molecule has 1 aliphatic heterocycles. The summed E-state index contributed by atoms with van der Waals surface area (Å²) >= 11 is 0.